The largest absolute Gasteiger partial charge is 0.486 e. The van der Waals surface area contributed by atoms with Crippen molar-refractivity contribution in [2.45, 2.75) is 24.7 Å². The predicted molar refractivity (Wildman–Crippen MR) is 114 cm³/mol. The summed E-state index contributed by atoms with van der Waals surface area (Å²) in [7, 11) is -3.88. The van der Waals surface area contributed by atoms with Gasteiger partial charge in [-0.3, -0.25) is 9.52 Å². The van der Waals surface area contributed by atoms with E-state index in [4.69, 9.17) is 14.0 Å². The maximum absolute atomic E-state index is 12.8. The molecule has 2 aromatic carbocycles. The van der Waals surface area contributed by atoms with Crippen molar-refractivity contribution >= 4 is 21.6 Å². The maximum Gasteiger partial charge on any atom is 0.262 e. The van der Waals surface area contributed by atoms with Gasteiger partial charge in [0.25, 0.3) is 15.9 Å². The second kappa shape index (κ2) is 9.27. The Bertz CT molecular complexity index is 1220. The molecule has 0 spiro atoms. The van der Waals surface area contributed by atoms with Crippen molar-refractivity contribution in [3.8, 4) is 11.5 Å². The molecule has 0 saturated carbocycles. The van der Waals surface area contributed by atoms with Crippen LogP contribution in [0.1, 0.15) is 28.5 Å². The lowest BCUT2D eigenvalue weighted by atomic mass is 10.2. The SMILES string of the molecule is Cc1noc(CCCNC(=O)c2cccc(NS(=O)(=O)c3ccc4c(c3)OCCO4)c2)n1. The zero-order chi connectivity index (χ0) is 22.6. The van der Waals surface area contributed by atoms with Gasteiger partial charge in [0, 0.05) is 30.3 Å². The fourth-order valence-electron chi connectivity index (χ4n) is 3.11. The van der Waals surface area contributed by atoms with Crippen LogP contribution in [0.25, 0.3) is 0 Å². The third-order valence-electron chi connectivity index (χ3n) is 4.62. The van der Waals surface area contributed by atoms with Gasteiger partial charge in [0.05, 0.1) is 4.90 Å². The molecule has 32 heavy (non-hydrogen) atoms. The van der Waals surface area contributed by atoms with Crippen molar-refractivity contribution in [3.05, 3.63) is 59.7 Å². The highest BCUT2D eigenvalue weighted by Crippen LogP contribution is 2.32. The Morgan fingerprint density at radius 3 is 2.69 bits per heavy atom. The molecule has 10 nitrogen and oxygen atoms in total. The molecule has 0 saturated heterocycles. The summed E-state index contributed by atoms with van der Waals surface area (Å²) in [6.07, 6.45) is 1.18. The quantitative estimate of drug-likeness (QED) is 0.492. The van der Waals surface area contributed by atoms with Crippen LogP contribution in [0.3, 0.4) is 0 Å². The number of carbonyl (C=O) groups excluding carboxylic acids is 1. The van der Waals surface area contributed by atoms with E-state index in [0.29, 0.717) is 61.4 Å². The smallest absolute Gasteiger partial charge is 0.262 e. The standard InChI is InChI=1S/C21H22N4O6S/c1-14-23-20(31-24-14)6-3-9-22-21(26)15-4-2-5-16(12-15)25-32(27,28)17-7-8-18-19(13-17)30-11-10-29-18/h2,4-5,7-8,12-13,25H,3,6,9-11H2,1H3,(H,22,26). The summed E-state index contributed by atoms with van der Waals surface area (Å²) in [5.41, 5.74) is 0.606. The number of benzene rings is 2. The first kappa shape index (κ1) is 21.6. The van der Waals surface area contributed by atoms with E-state index < -0.39 is 10.0 Å². The van der Waals surface area contributed by atoms with Crippen molar-refractivity contribution < 1.29 is 27.2 Å². The van der Waals surface area contributed by atoms with Crippen LogP contribution < -0.4 is 19.5 Å². The molecule has 2 N–H and O–H groups in total. The molecule has 1 amide bonds. The fraction of sp³-hybridized carbons (Fsp3) is 0.286. The Morgan fingerprint density at radius 1 is 1.09 bits per heavy atom. The zero-order valence-electron chi connectivity index (χ0n) is 17.3. The number of fused-ring (bicyclic) bond motifs is 1. The van der Waals surface area contributed by atoms with Crippen LogP contribution in [0.5, 0.6) is 11.5 Å². The zero-order valence-corrected chi connectivity index (χ0v) is 18.1. The van der Waals surface area contributed by atoms with E-state index in [9.17, 15) is 13.2 Å². The Labute approximate surface area is 185 Å². The second-order valence-corrected chi connectivity index (χ2v) is 8.77. The van der Waals surface area contributed by atoms with Crippen molar-refractivity contribution in [2.24, 2.45) is 0 Å². The molecule has 0 aliphatic carbocycles. The molecule has 168 valence electrons. The summed E-state index contributed by atoms with van der Waals surface area (Å²) in [6.45, 7) is 2.93. The number of rotatable bonds is 8. The third kappa shape index (κ3) is 5.17. The van der Waals surface area contributed by atoms with Gasteiger partial charge in [-0.25, -0.2) is 8.42 Å². The lowest BCUT2D eigenvalue weighted by Crippen LogP contribution is -2.25. The molecule has 1 aliphatic heterocycles. The summed E-state index contributed by atoms with van der Waals surface area (Å²) >= 11 is 0. The predicted octanol–water partition coefficient (Wildman–Crippen LogP) is 2.31. The normalized spacial score (nSPS) is 12.9. The number of sulfonamides is 1. The minimum Gasteiger partial charge on any atom is -0.486 e. The van der Waals surface area contributed by atoms with Crippen LogP contribution in [0.2, 0.25) is 0 Å². The molecule has 11 heteroatoms. The fourth-order valence-corrected chi connectivity index (χ4v) is 4.18. The van der Waals surface area contributed by atoms with Gasteiger partial charge in [0.1, 0.15) is 13.2 Å². The van der Waals surface area contributed by atoms with Gasteiger partial charge >= 0.3 is 0 Å². The molecule has 0 bridgehead atoms. The second-order valence-electron chi connectivity index (χ2n) is 7.09. The van der Waals surface area contributed by atoms with Crippen molar-refractivity contribution in [1.82, 2.24) is 15.5 Å². The topological polar surface area (TPSA) is 133 Å². The molecule has 0 radical (unpaired) electrons. The van der Waals surface area contributed by atoms with Crippen molar-refractivity contribution in [2.75, 3.05) is 24.5 Å². The number of ether oxygens (including phenoxy) is 2. The Balaban J connectivity index is 1.37. The van der Waals surface area contributed by atoms with Gasteiger partial charge in [-0.15, -0.1) is 0 Å². The Kier molecular flexibility index (Phi) is 6.26. The Hall–Kier alpha value is -3.60. The van der Waals surface area contributed by atoms with Crippen LogP contribution in [0.4, 0.5) is 5.69 Å². The van der Waals surface area contributed by atoms with E-state index >= 15 is 0 Å². The van der Waals surface area contributed by atoms with Crippen LogP contribution in [0.15, 0.2) is 51.9 Å². The molecule has 0 unspecified atom stereocenters. The summed E-state index contributed by atoms with van der Waals surface area (Å²) in [6, 6.07) is 10.7. The lowest BCUT2D eigenvalue weighted by Gasteiger charge is -2.19. The van der Waals surface area contributed by atoms with E-state index in [-0.39, 0.29) is 16.5 Å². The summed E-state index contributed by atoms with van der Waals surface area (Å²) < 4.78 is 44.0. The van der Waals surface area contributed by atoms with Gasteiger partial charge in [-0.2, -0.15) is 4.98 Å². The first-order chi connectivity index (χ1) is 15.4. The monoisotopic (exact) mass is 458 g/mol. The highest BCUT2D eigenvalue weighted by atomic mass is 32.2. The number of aromatic nitrogens is 2. The van der Waals surface area contributed by atoms with Gasteiger partial charge in [0.2, 0.25) is 5.89 Å². The number of amides is 1. The Morgan fingerprint density at radius 2 is 1.91 bits per heavy atom. The van der Waals surface area contributed by atoms with Crippen LogP contribution in [0, 0.1) is 6.92 Å². The molecular weight excluding hydrogens is 436 g/mol. The number of nitrogens with one attached hydrogen (secondary N) is 2. The number of hydrogen-bond acceptors (Lipinski definition) is 8. The van der Waals surface area contributed by atoms with Crippen LogP contribution in [-0.2, 0) is 16.4 Å². The van der Waals surface area contributed by atoms with Gasteiger partial charge in [-0.05, 0) is 43.7 Å². The number of hydrogen-bond donors (Lipinski definition) is 2. The lowest BCUT2D eigenvalue weighted by molar-refractivity contribution is 0.0953. The summed E-state index contributed by atoms with van der Waals surface area (Å²) in [5, 5.41) is 6.51. The minimum absolute atomic E-state index is 0.0351. The van der Waals surface area contributed by atoms with Gasteiger partial charge in [0.15, 0.2) is 17.3 Å². The molecule has 1 aromatic heterocycles. The number of aryl methyl sites for hydroxylation is 2. The molecule has 4 rings (SSSR count). The molecule has 0 fully saturated rings. The highest BCUT2D eigenvalue weighted by Gasteiger charge is 2.20. The van der Waals surface area contributed by atoms with Crippen molar-refractivity contribution in [1.29, 1.82) is 0 Å². The van der Waals surface area contributed by atoms with Gasteiger partial charge in [-0.1, -0.05) is 11.2 Å². The molecule has 0 atom stereocenters. The highest BCUT2D eigenvalue weighted by molar-refractivity contribution is 7.92. The number of nitrogens with zero attached hydrogens (tertiary/aromatic N) is 2. The van der Waals surface area contributed by atoms with Gasteiger partial charge < -0.3 is 19.3 Å². The van der Waals surface area contributed by atoms with E-state index in [1.165, 1.54) is 18.2 Å². The van der Waals surface area contributed by atoms with Crippen LogP contribution in [-0.4, -0.2) is 44.2 Å². The number of anilines is 1. The molecule has 1 aliphatic rings. The number of carbonyl (C=O) groups is 1. The molecular formula is C21H22N4O6S. The summed E-state index contributed by atoms with van der Waals surface area (Å²) in [4.78, 5) is 16.6. The molecule has 3 aromatic rings. The van der Waals surface area contributed by atoms with E-state index in [2.05, 4.69) is 20.2 Å². The van der Waals surface area contributed by atoms with E-state index in [1.54, 1.807) is 31.2 Å². The third-order valence-corrected chi connectivity index (χ3v) is 6.00. The maximum atomic E-state index is 12.8. The average molecular weight is 458 g/mol. The summed E-state index contributed by atoms with van der Waals surface area (Å²) in [5.74, 6) is 1.66. The first-order valence-corrected chi connectivity index (χ1v) is 11.5. The van der Waals surface area contributed by atoms with Crippen molar-refractivity contribution in [3.63, 3.8) is 0 Å². The average Bonchev–Trinajstić information content (AvgIpc) is 3.21. The van der Waals surface area contributed by atoms with Crippen LogP contribution >= 0.6 is 0 Å². The first-order valence-electron chi connectivity index (χ1n) is 10.0. The molecule has 2 heterocycles. The minimum atomic E-state index is -3.88. The van der Waals surface area contributed by atoms with E-state index in [1.807, 2.05) is 0 Å². The van der Waals surface area contributed by atoms with E-state index in [0.717, 1.165) is 0 Å².